The molecule has 0 aliphatic rings. The summed E-state index contributed by atoms with van der Waals surface area (Å²) in [5.41, 5.74) is 1.46. The summed E-state index contributed by atoms with van der Waals surface area (Å²) in [6, 6.07) is 18.4. The number of non-ortho nitro benzene ring substituents is 1. The van der Waals surface area contributed by atoms with Crippen LogP contribution >= 0.6 is 0 Å². The van der Waals surface area contributed by atoms with Gasteiger partial charge in [-0.2, -0.15) is 0 Å². The first-order valence-corrected chi connectivity index (χ1v) is 9.38. The zero-order valence-corrected chi connectivity index (χ0v) is 17.4. The van der Waals surface area contributed by atoms with Gasteiger partial charge >= 0.3 is 0 Å². The van der Waals surface area contributed by atoms with Gasteiger partial charge in [-0.25, -0.2) is 0 Å². The molecule has 0 unspecified atom stereocenters. The fourth-order valence-electron chi connectivity index (χ4n) is 3.18. The van der Waals surface area contributed by atoms with E-state index in [0.29, 0.717) is 22.9 Å². The van der Waals surface area contributed by atoms with Crippen LogP contribution in [0.4, 0.5) is 11.4 Å². The Labute approximate surface area is 179 Å². The van der Waals surface area contributed by atoms with Crippen LogP contribution in [0.1, 0.15) is 15.9 Å². The van der Waals surface area contributed by atoms with E-state index < -0.39 is 4.92 Å². The van der Waals surface area contributed by atoms with E-state index in [1.165, 1.54) is 38.4 Å². The van der Waals surface area contributed by atoms with Crippen molar-refractivity contribution in [1.29, 1.82) is 0 Å². The zero-order chi connectivity index (χ0) is 22.4. The van der Waals surface area contributed by atoms with Crippen LogP contribution in [-0.2, 0) is 6.54 Å². The van der Waals surface area contributed by atoms with E-state index in [1.807, 2.05) is 30.3 Å². The van der Waals surface area contributed by atoms with Gasteiger partial charge in [0.2, 0.25) is 5.75 Å². The summed E-state index contributed by atoms with van der Waals surface area (Å²) in [6.07, 6.45) is 0. The number of nitro groups is 1. The molecule has 3 rings (SSSR count). The molecule has 0 fully saturated rings. The molecule has 31 heavy (non-hydrogen) atoms. The van der Waals surface area contributed by atoms with E-state index in [1.54, 1.807) is 24.3 Å². The number of nitrogens with zero attached hydrogens (tertiary/aromatic N) is 2. The minimum atomic E-state index is -0.492. The molecule has 0 aliphatic carbocycles. The number of nitro benzene ring substituents is 1. The molecule has 0 N–H and O–H groups in total. The number of anilines is 1. The van der Waals surface area contributed by atoms with Gasteiger partial charge in [0.25, 0.3) is 11.6 Å². The van der Waals surface area contributed by atoms with Crippen molar-refractivity contribution in [3.8, 4) is 17.2 Å². The lowest BCUT2D eigenvalue weighted by Gasteiger charge is -2.24. The highest BCUT2D eigenvalue weighted by molar-refractivity contribution is 6.07. The number of hydrogen-bond acceptors (Lipinski definition) is 6. The number of benzene rings is 3. The second kappa shape index (κ2) is 9.62. The van der Waals surface area contributed by atoms with Crippen LogP contribution in [-0.4, -0.2) is 32.2 Å². The van der Waals surface area contributed by atoms with Gasteiger partial charge in [-0.1, -0.05) is 36.4 Å². The van der Waals surface area contributed by atoms with Crippen molar-refractivity contribution in [2.24, 2.45) is 0 Å². The molecule has 1 amide bonds. The third-order valence-corrected chi connectivity index (χ3v) is 4.69. The topological polar surface area (TPSA) is 91.1 Å². The van der Waals surface area contributed by atoms with Gasteiger partial charge < -0.3 is 19.1 Å². The van der Waals surface area contributed by atoms with E-state index in [2.05, 4.69) is 0 Å². The zero-order valence-electron chi connectivity index (χ0n) is 17.4. The molecule has 8 nitrogen and oxygen atoms in total. The van der Waals surface area contributed by atoms with Crippen LogP contribution in [0, 0.1) is 10.1 Å². The van der Waals surface area contributed by atoms with Gasteiger partial charge in [0.15, 0.2) is 11.5 Å². The Bertz CT molecular complexity index is 1060. The van der Waals surface area contributed by atoms with Crippen molar-refractivity contribution in [3.63, 3.8) is 0 Å². The summed E-state index contributed by atoms with van der Waals surface area (Å²) in [6.45, 7) is 0.220. The average molecular weight is 422 g/mol. The fourth-order valence-corrected chi connectivity index (χ4v) is 3.18. The number of hydrogen-bond donors (Lipinski definition) is 0. The van der Waals surface area contributed by atoms with Gasteiger partial charge in [-0.3, -0.25) is 14.9 Å². The summed E-state index contributed by atoms with van der Waals surface area (Å²) < 4.78 is 16.0. The largest absolute Gasteiger partial charge is 0.493 e. The molecule has 8 heteroatoms. The molecule has 160 valence electrons. The first kappa shape index (κ1) is 21.6. The van der Waals surface area contributed by atoms with Gasteiger partial charge in [-0.15, -0.1) is 0 Å². The Balaban J connectivity index is 2.10. The molecule has 0 saturated heterocycles. The van der Waals surface area contributed by atoms with Crippen molar-refractivity contribution >= 4 is 17.3 Å². The molecule has 3 aromatic rings. The lowest BCUT2D eigenvalue weighted by atomic mass is 10.1. The molecule has 0 radical (unpaired) electrons. The normalized spacial score (nSPS) is 10.3. The van der Waals surface area contributed by atoms with E-state index >= 15 is 0 Å². The summed E-state index contributed by atoms with van der Waals surface area (Å²) >= 11 is 0. The Morgan fingerprint density at radius 1 is 0.903 bits per heavy atom. The maximum Gasteiger partial charge on any atom is 0.271 e. The van der Waals surface area contributed by atoms with Crippen LogP contribution in [0.25, 0.3) is 0 Å². The summed E-state index contributed by atoms with van der Waals surface area (Å²) in [4.78, 5) is 25.8. The van der Waals surface area contributed by atoms with E-state index in [9.17, 15) is 14.9 Å². The maximum atomic E-state index is 13.6. The van der Waals surface area contributed by atoms with Crippen LogP contribution < -0.4 is 19.1 Å². The number of amides is 1. The molecular weight excluding hydrogens is 400 g/mol. The Kier molecular flexibility index (Phi) is 6.71. The third-order valence-electron chi connectivity index (χ3n) is 4.69. The summed E-state index contributed by atoms with van der Waals surface area (Å²) in [7, 11) is 4.41. The third kappa shape index (κ3) is 4.75. The average Bonchev–Trinajstić information content (AvgIpc) is 2.81. The number of carbonyl (C=O) groups is 1. The first-order valence-electron chi connectivity index (χ1n) is 9.38. The van der Waals surface area contributed by atoms with Gasteiger partial charge in [0, 0.05) is 17.7 Å². The minimum Gasteiger partial charge on any atom is -0.493 e. The quantitative estimate of drug-likeness (QED) is 0.393. The number of carbonyl (C=O) groups excluding carboxylic acids is 1. The van der Waals surface area contributed by atoms with Crippen molar-refractivity contribution in [3.05, 3.63) is 88.0 Å². The Morgan fingerprint density at radius 2 is 1.55 bits per heavy atom. The maximum absolute atomic E-state index is 13.6. The van der Waals surface area contributed by atoms with Crippen molar-refractivity contribution in [2.75, 3.05) is 26.2 Å². The van der Waals surface area contributed by atoms with E-state index in [-0.39, 0.29) is 23.7 Å². The predicted molar refractivity (Wildman–Crippen MR) is 116 cm³/mol. The number of ether oxygens (including phenoxy) is 3. The fraction of sp³-hybridized carbons (Fsp3) is 0.174. The lowest BCUT2D eigenvalue weighted by Crippen LogP contribution is -2.30. The highest BCUT2D eigenvalue weighted by Gasteiger charge is 2.24. The van der Waals surface area contributed by atoms with Crippen LogP contribution in [0.3, 0.4) is 0 Å². The van der Waals surface area contributed by atoms with Gasteiger partial charge in [0.05, 0.1) is 38.5 Å². The second-order valence-corrected chi connectivity index (χ2v) is 6.57. The monoisotopic (exact) mass is 422 g/mol. The molecule has 0 aromatic heterocycles. The minimum absolute atomic E-state index is 0.103. The number of methoxy groups -OCH3 is 3. The van der Waals surface area contributed by atoms with Crippen molar-refractivity contribution < 1.29 is 23.9 Å². The highest BCUT2D eigenvalue weighted by atomic mass is 16.6. The van der Waals surface area contributed by atoms with Gasteiger partial charge in [0.1, 0.15) is 0 Å². The Morgan fingerprint density at radius 3 is 2.10 bits per heavy atom. The predicted octanol–water partition coefficient (Wildman–Crippen LogP) is 4.47. The lowest BCUT2D eigenvalue weighted by molar-refractivity contribution is -0.384. The molecule has 0 saturated carbocycles. The first-order chi connectivity index (χ1) is 15.0. The standard InChI is InChI=1S/C23H22N2O6/c1-29-20-12-17(13-21(30-2)22(20)31-3)23(26)24(15-16-8-5-4-6-9-16)18-10-7-11-19(14-18)25(27)28/h4-14H,15H2,1-3H3. The molecule has 0 atom stereocenters. The van der Waals surface area contributed by atoms with Crippen LogP contribution in [0.5, 0.6) is 17.2 Å². The molecule has 0 spiro atoms. The molecule has 0 bridgehead atoms. The molecule has 3 aromatic carbocycles. The summed E-state index contributed by atoms with van der Waals surface area (Å²) in [5, 5.41) is 11.3. The molecule has 0 heterocycles. The SMILES string of the molecule is COc1cc(C(=O)N(Cc2ccccc2)c2cccc([N+](=O)[O-])c2)cc(OC)c1OC. The van der Waals surface area contributed by atoms with Gasteiger partial charge in [-0.05, 0) is 23.8 Å². The molecular formula is C23H22N2O6. The number of rotatable bonds is 8. The summed E-state index contributed by atoms with van der Waals surface area (Å²) in [5.74, 6) is 0.669. The van der Waals surface area contributed by atoms with Crippen molar-refractivity contribution in [1.82, 2.24) is 0 Å². The van der Waals surface area contributed by atoms with Crippen LogP contribution in [0.2, 0.25) is 0 Å². The van der Waals surface area contributed by atoms with E-state index in [0.717, 1.165) is 5.56 Å². The smallest absolute Gasteiger partial charge is 0.271 e. The molecule has 0 aliphatic heterocycles. The second-order valence-electron chi connectivity index (χ2n) is 6.57. The van der Waals surface area contributed by atoms with Crippen molar-refractivity contribution in [2.45, 2.75) is 6.54 Å². The Hall–Kier alpha value is -4.07. The van der Waals surface area contributed by atoms with E-state index in [4.69, 9.17) is 14.2 Å². The van der Waals surface area contributed by atoms with Crippen LogP contribution in [0.15, 0.2) is 66.7 Å². The highest BCUT2D eigenvalue weighted by Crippen LogP contribution is 2.39.